The zero-order valence-corrected chi connectivity index (χ0v) is 12.6. The van der Waals surface area contributed by atoms with Gasteiger partial charge in [-0.15, -0.1) is 0 Å². The summed E-state index contributed by atoms with van der Waals surface area (Å²) < 4.78 is 5.39. The van der Waals surface area contributed by atoms with Gasteiger partial charge in [0, 0.05) is 13.1 Å². The van der Waals surface area contributed by atoms with Gasteiger partial charge < -0.3 is 9.64 Å². The third-order valence-corrected chi connectivity index (χ3v) is 3.67. The molecule has 1 amide bonds. The molecular weight excluding hydrogens is 258 g/mol. The van der Waals surface area contributed by atoms with E-state index in [1.165, 1.54) is 11.1 Å². The predicted molar refractivity (Wildman–Crippen MR) is 79.3 cm³/mol. The van der Waals surface area contributed by atoms with Gasteiger partial charge in [-0.3, -0.25) is 0 Å². The standard InChI is InChI=1S/C15H21NO2S/c1-15(2,3)18-14(17)16-7-4-12(5-8-16)10-13-6-9-19-11-13/h6,9-11H,4-5,7-8H2,1-3H3. The number of carbonyl (C=O) groups excluding carboxylic acids is 1. The molecule has 0 spiro atoms. The highest BCUT2D eigenvalue weighted by Gasteiger charge is 2.24. The van der Waals surface area contributed by atoms with Crippen molar-refractivity contribution >= 4 is 23.5 Å². The van der Waals surface area contributed by atoms with Crippen LogP contribution in [0.1, 0.15) is 39.2 Å². The van der Waals surface area contributed by atoms with Gasteiger partial charge in [0.05, 0.1) is 0 Å². The van der Waals surface area contributed by atoms with E-state index in [-0.39, 0.29) is 6.09 Å². The van der Waals surface area contributed by atoms with Gasteiger partial charge in [0.25, 0.3) is 0 Å². The topological polar surface area (TPSA) is 29.5 Å². The van der Waals surface area contributed by atoms with Crippen LogP contribution in [0.4, 0.5) is 4.79 Å². The number of amides is 1. The van der Waals surface area contributed by atoms with E-state index in [2.05, 4.69) is 22.9 Å². The van der Waals surface area contributed by atoms with Crippen molar-refractivity contribution in [1.29, 1.82) is 0 Å². The highest BCUT2D eigenvalue weighted by atomic mass is 32.1. The van der Waals surface area contributed by atoms with Crippen LogP contribution >= 0.6 is 11.3 Å². The zero-order valence-electron chi connectivity index (χ0n) is 11.8. The van der Waals surface area contributed by atoms with Crippen LogP contribution in [-0.2, 0) is 4.74 Å². The molecular formula is C15H21NO2S. The molecule has 1 aliphatic rings. The third-order valence-electron chi connectivity index (χ3n) is 2.97. The number of hydrogen-bond donors (Lipinski definition) is 0. The van der Waals surface area contributed by atoms with Gasteiger partial charge in [-0.1, -0.05) is 11.6 Å². The number of carbonyl (C=O) groups is 1. The molecule has 0 saturated carbocycles. The summed E-state index contributed by atoms with van der Waals surface area (Å²) in [5.74, 6) is 0. The molecule has 1 aromatic rings. The summed E-state index contributed by atoms with van der Waals surface area (Å²) >= 11 is 1.71. The fraction of sp³-hybridized carbons (Fsp3) is 0.533. The number of thiophene rings is 1. The first-order valence-electron chi connectivity index (χ1n) is 6.63. The third kappa shape index (κ3) is 4.39. The van der Waals surface area contributed by atoms with Crippen LogP contribution in [0, 0.1) is 0 Å². The van der Waals surface area contributed by atoms with Crippen molar-refractivity contribution in [2.24, 2.45) is 0 Å². The predicted octanol–water partition coefficient (Wildman–Crippen LogP) is 4.16. The first kappa shape index (κ1) is 14.1. The fourth-order valence-electron chi connectivity index (χ4n) is 2.04. The molecule has 1 fully saturated rings. The molecule has 0 aromatic carbocycles. The molecule has 4 heteroatoms. The Hall–Kier alpha value is -1.29. The van der Waals surface area contributed by atoms with Crippen LogP contribution < -0.4 is 0 Å². The lowest BCUT2D eigenvalue weighted by Crippen LogP contribution is -2.40. The van der Waals surface area contributed by atoms with E-state index in [1.54, 1.807) is 16.2 Å². The number of hydrogen-bond acceptors (Lipinski definition) is 3. The second-order valence-corrected chi connectivity index (χ2v) is 6.61. The Morgan fingerprint density at radius 2 is 2.05 bits per heavy atom. The summed E-state index contributed by atoms with van der Waals surface area (Å²) in [5, 5.41) is 4.23. The molecule has 0 bridgehead atoms. The largest absolute Gasteiger partial charge is 0.444 e. The second-order valence-electron chi connectivity index (χ2n) is 5.83. The Labute approximate surface area is 118 Å². The zero-order chi connectivity index (χ0) is 13.9. The van der Waals surface area contributed by atoms with Crippen LogP contribution in [0.5, 0.6) is 0 Å². The molecule has 0 radical (unpaired) electrons. The van der Waals surface area contributed by atoms with Crippen molar-refractivity contribution in [3.05, 3.63) is 28.0 Å². The highest BCUT2D eigenvalue weighted by molar-refractivity contribution is 7.08. The van der Waals surface area contributed by atoms with Crippen molar-refractivity contribution < 1.29 is 9.53 Å². The lowest BCUT2D eigenvalue weighted by Gasteiger charge is -2.31. The van der Waals surface area contributed by atoms with E-state index in [0.717, 1.165) is 25.9 Å². The molecule has 0 unspecified atom stereocenters. The normalized spacial score (nSPS) is 16.4. The summed E-state index contributed by atoms with van der Waals surface area (Å²) in [5.41, 5.74) is 2.27. The average Bonchev–Trinajstić information content (AvgIpc) is 2.80. The Morgan fingerprint density at radius 3 is 2.58 bits per heavy atom. The molecule has 2 rings (SSSR count). The van der Waals surface area contributed by atoms with Crippen molar-refractivity contribution in [1.82, 2.24) is 4.90 Å². The molecule has 0 atom stereocenters. The summed E-state index contributed by atoms with van der Waals surface area (Å²) in [6.45, 7) is 7.21. The van der Waals surface area contributed by atoms with Crippen molar-refractivity contribution in [3.8, 4) is 0 Å². The summed E-state index contributed by atoms with van der Waals surface area (Å²) in [4.78, 5) is 13.7. The maximum absolute atomic E-state index is 11.9. The summed E-state index contributed by atoms with van der Waals surface area (Å²) in [6.07, 6.45) is 3.93. The number of likely N-dealkylation sites (tertiary alicyclic amines) is 1. The molecule has 1 aliphatic heterocycles. The van der Waals surface area contributed by atoms with Crippen LogP contribution in [0.3, 0.4) is 0 Å². The minimum Gasteiger partial charge on any atom is -0.444 e. The molecule has 1 saturated heterocycles. The molecule has 0 N–H and O–H groups in total. The first-order valence-corrected chi connectivity index (χ1v) is 7.58. The van der Waals surface area contributed by atoms with Crippen LogP contribution in [0.15, 0.2) is 22.4 Å². The Morgan fingerprint density at radius 1 is 1.37 bits per heavy atom. The van der Waals surface area contributed by atoms with Gasteiger partial charge in [0.15, 0.2) is 0 Å². The SMILES string of the molecule is CC(C)(C)OC(=O)N1CCC(=Cc2ccsc2)CC1. The van der Waals surface area contributed by atoms with Gasteiger partial charge in [0.1, 0.15) is 5.60 Å². The Bertz CT molecular complexity index is 447. The van der Waals surface area contributed by atoms with Crippen molar-refractivity contribution in [2.45, 2.75) is 39.2 Å². The molecule has 19 heavy (non-hydrogen) atoms. The summed E-state index contributed by atoms with van der Waals surface area (Å²) in [7, 11) is 0. The van der Waals surface area contributed by atoms with Crippen LogP contribution in [0.2, 0.25) is 0 Å². The van der Waals surface area contributed by atoms with Crippen LogP contribution in [0.25, 0.3) is 6.08 Å². The Kier molecular flexibility index (Phi) is 4.30. The molecule has 3 nitrogen and oxygen atoms in total. The van der Waals surface area contributed by atoms with E-state index >= 15 is 0 Å². The minimum atomic E-state index is -0.413. The van der Waals surface area contributed by atoms with Gasteiger partial charge in [-0.25, -0.2) is 4.79 Å². The van der Waals surface area contributed by atoms with E-state index in [0.29, 0.717) is 0 Å². The van der Waals surface area contributed by atoms with E-state index in [9.17, 15) is 4.79 Å². The Balaban J connectivity index is 1.87. The van der Waals surface area contributed by atoms with Crippen molar-refractivity contribution in [3.63, 3.8) is 0 Å². The van der Waals surface area contributed by atoms with Gasteiger partial charge in [-0.05, 0) is 56.0 Å². The highest BCUT2D eigenvalue weighted by Crippen LogP contribution is 2.22. The summed E-state index contributed by atoms with van der Waals surface area (Å²) in [6, 6.07) is 2.12. The quantitative estimate of drug-likeness (QED) is 0.772. The maximum Gasteiger partial charge on any atom is 0.410 e. The van der Waals surface area contributed by atoms with Crippen LogP contribution in [-0.4, -0.2) is 29.7 Å². The number of nitrogens with zero attached hydrogens (tertiary/aromatic N) is 1. The number of ether oxygens (including phenoxy) is 1. The molecule has 0 aliphatic carbocycles. The first-order chi connectivity index (χ1) is 8.94. The van der Waals surface area contributed by atoms with Gasteiger partial charge in [-0.2, -0.15) is 11.3 Å². The monoisotopic (exact) mass is 279 g/mol. The van der Waals surface area contributed by atoms with Gasteiger partial charge >= 0.3 is 6.09 Å². The minimum absolute atomic E-state index is 0.193. The van der Waals surface area contributed by atoms with E-state index in [4.69, 9.17) is 4.74 Å². The lowest BCUT2D eigenvalue weighted by molar-refractivity contribution is 0.0237. The number of rotatable bonds is 1. The molecule has 2 heterocycles. The lowest BCUT2D eigenvalue weighted by atomic mass is 10.0. The molecule has 1 aromatic heterocycles. The van der Waals surface area contributed by atoms with Gasteiger partial charge in [0.2, 0.25) is 0 Å². The molecule has 104 valence electrons. The maximum atomic E-state index is 11.9. The smallest absolute Gasteiger partial charge is 0.410 e. The number of piperidine rings is 1. The van der Waals surface area contributed by atoms with Crippen molar-refractivity contribution in [2.75, 3.05) is 13.1 Å². The van der Waals surface area contributed by atoms with E-state index in [1.807, 2.05) is 20.8 Å². The average molecular weight is 279 g/mol. The fourth-order valence-corrected chi connectivity index (χ4v) is 2.66. The van der Waals surface area contributed by atoms with E-state index < -0.39 is 5.60 Å². The second kappa shape index (κ2) is 5.78.